The van der Waals surface area contributed by atoms with Crippen molar-refractivity contribution in [3.63, 3.8) is 0 Å². The first-order valence-electron chi connectivity index (χ1n) is 9.64. The van der Waals surface area contributed by atoms with Gasteiger partial charge in [0.05, 0.1) is 24.5 Å². The van der Waals surface area contributed by atoms with E-state index in [1.165, 1.54) is 11.3 Å². The predicted octanol–water partition coefficient (Wildman–Crippen LogP) is 2.23. The van der Waals surface area contributed by atoms with E-state index in [-0.39, 0.29) is 18.1 Å². The number of rotatable bonds is 9. The summed E-state index contributed by atoms with van der Waals surface area (Å²) in [4.78, 5) is 53.6. The molecule has 31 heavy (non-hydrogen) atoms. The number of hydrazine groups is 1. The van der Waals surface area contributed by atoms with Gasteiger partial charge >= 0.3 is 12.0 Å². The van der Waals surface area contributed by atoms with Crippen molar-refractivity contribution in [1.29, 1.82) is 0 Å². The molecule has 0 bridgehead atoms. The number of nitrogens with zero attached hydrogens (tertiary/aromatic N) is 2. The molecule has 164 valence electrons. The van der Waals surface area contributed by atoms with E-state index >= 15 is 0 Å². The number of thiazole rings is 1. The average molecular weight is 463 g/mol. The van der Waals surface area contributed by atoms with Crippen LogP contribution in [0.3, 0.4) is 0 Å². The molecular weight excluding hydrogens is 440 g/mol. The predicted molar refractivity (Wildman–Crippen MR) is 115 cm³/mol. The van der Waals surface area contributed by atoms with E-state index in [0.29, 0.717) is 28.6 Å². The van der Waals surface area contributed by atoms with Crippen molar-refractivity contribution in [2.45, 2.75) is 36.6 Å². The van der Waals surface area contributed by atoms with Crippen LogP contribution in [0.5, 0.6) is 0 Å². The molecule has 0 unspecified atom stereocenters. The summed E-state index contributed by atoms with van der Waals surface area (Å²) in [6.07, 6.45) is 0.406. The van der Waals surface area contributed by atoms with Gasteiger partial charge in [0.2, 0.25) is 5.91 Å². The van der Waals surface area contributed by atoms with E-state index < -0.39 is 23.4 Å². The standard InChI is InChI=1S/C20H22N4O5S2/c1-3-20(13-8-6-5-7-9-13)17(27)24(18(28)22-20)23-15(25)12-31-19-21-14(11-30-19)10-16(26)29-4-2/h5-9,11H,3-4,10,12H2,1-2H3,(H,22,28)(H,23,25)/t20-/m1/s1. The number of amides is 4. The maximum atomic E-state index is 13.0. The molecule has 2 N–H and O–H groups in total. The first-order chi connectivity index (χ1) is 14.9. The van der Waals surface area contributed by atoms with E-state index in [1.54, 1.807) is 43.5 Å². The minimum Gasteiger partial charge on any atom is -0.466 e. The Morgan fingerprint density at radius 3 is 2.68 bits per heavy atom. The number of nitrogens with one attached hydrogen (secondary N) is 2. The second-order valence-electron chi connectivity index (χ2n) is 6.61. The van der Waals surface area contributed by atoms with Gasteiger partial charge in [-0.25, -0.2) is 9.78 Å². The van der Waals surface area contributed by atoms with Gasteiger partial charge in [-0.2, -0.15) is 5.01 Å². The summed E-state index contributed by atoms with van der Waals surface area (Å²) in [7, 11) is 0. The van der Waals surface area contributed by atoms with Crippen LogP contribution >= 0.6 is 23.1 Å². The van der Waals surface area contributed by atoms with Crippen molar-refractivity contribution < 1.29 is 23.9 Å². The third-order valence-corrected chi connectivity index (χ3v) is 6.68. The van der Waals surface area contributed by atoms with Gasteiger partial charge in [0, 0.05) is 5.38 Å². The molecule has 0 radical (unpaired) electrons. The Labute approximate surface area is 187 Å². The third-order valence-electron chi connectivity index (χ3n) is 4.61. The Kier molecular flexibility index (Phi) is 7.29. The van der Waals surface area contributed by atoms with Crippen molar-refractivity contribution in [1.82, 2.24) is 20.7 Å². The quantitative estimate of drug-likeness (QED) is 0.333. The highest BCUT2D eigenvalue weighted by Gasteiger charge is 2.52. The number of ether oxygens (including phenoxy) is 1. The lowest BCUT2D eigenvalue weighted by molar-refractivity contribution is -0.142. The van der Waals surface area contributed by atoms with Gasteiger partial charge in [-0.3, -0.25) is 19.8 Å². The summed E-state index contributed by atoms with van der Waals surface area (Å²) in [6, 6.07) is 8.24. The van der Waals surface area contributed by atoms with Crippen LogP contribution in [0, 0.1) is 0 Å². The molecule has 3 rings (SSSR count). The number of urea groups is 1. The molecule has 9 nitrogen and oxygen atoms in total. The Bertz CT molecular complexity index is 981. The molecule has 11 heteroatoms. The summed E-state index contributed by atoms with van der Waals surface area (Å²) in [5, 5.41) is 5.16. The fourth-order valence-corrected chi connectivity index (χ4v) is 4.76. The molecule has 0 aliphatic carbocycles. The monoisotopic (exact) mass is 462 g/mol. The van der Waals surface area contributed by atoms with Crippen LogP contribution in [0.25, 0.3) is 0 Å². The molecule has 1 aromatic heterocycles. The average Bonchev–Trinajstić information content (AvgIpc) is 3.30. The van der Waals surface area contributed by atoms with E-state index in [1.807, 2.05) is 6.07 Å². The van der Waals surface area contributed by atoms with Gasteiger partial charge in [-0.05, 0) is 18.9 Å². The molecule has 2 aromatic rings. The van der Waals surface area contributed by atoms with Crippen molar-refractivity contribution in [3.05, 3.63) is 47.0 Å². The molecule has 4 amide bonds. The van der Waals surface area contributed by atoms with Crippen LogP contribution in [-0.4, -0.2) is 46.2 Å². The van der Waals surface area contributed by atoms with Crippen LogP contribution in [0.2, 0.25) is 0 Å². The molecule has 1 atom stereocenters. The minimum atomic E-state index is -1.21. The number of aromatic nitrogens is 1. The number of hydrogen-bond acceptors (Lipinski definition) is 8. The molecule has 2 heterocycles. The van der Waals surface area contributed by atoms with Crippen LogP contribution < -0.4 is 10.7 Å². The maximum absolute atomic E-state index is 13.0. The highest BCUT2D eigenvalue weighted by atomic mass is 32.2. The highest BCUT2D eigenvalue weighted by Crippen LogP contribution is 2.31. The van der Waals surface area contributed by atoms with Crippen molar-refractivity contribution in [2.24, 2.45) is 0 Å². The van der Waals surface area contributed by atoms with E-state index in [4.69, 9.17) is 4.74 Å². The van der Waals surface area contributed by atoms with Crippen molar-refractivity contribution >= 4 is 46.9 Å². The topological polar surface area (TPSA) is 118 Å². The van der Waals surface area contributed by atoms with E-state index in [9.17, 15) is 19.2 Å². The fraction of sp³-hybridized carbons (Fsp3) is 0.350. The van der Waals surface area contributed by atoms with Gasteiger partial charge in [-0.15, -0.1) is 11.3 Å². The number of thioether (sulfide) groups is 1. The SMILES string of the molecule is CCOC(=O)Cc1csc(SCC(=O)NN2C(=O)N[C@](CC)(c3ccccc3)C2=O)n1. The van der Waals surface area contributed by atoms with Crippen LogP contribution in [0.4, 0.5) is 4.79 Å². The third kappa shape index (κ3) is 5.05. The fourth-order valence-electron chi connectivity index (χ4n) is 3.12. The van der Waals surface area contributed by atoms with Crippen molar-refractivity contribution in [3.8, 4) is 0 Å². The first-order valence-corrected chi connectivity index (χ1v) is 11.5. The molecule has 1 aliphatic rings. The molecule has 1 aromatic carbocycles. The number of carbonyl (C=O) groups excluding carboxylic acids is 4. The summed E-state index contributed by atoms with van der Waals surface area (Å²) in [5.41, 5.74) is 2.38. The minimum absolute atomic E-state index is 0.0477. The molecule has 1 fully saturated rings. The Morgan fingerprint density at radius 1 is 1.26 bits per heavy atom. The Morgan fingerprint density at radius 2 is 2.00 bits per heavy atom. The van der Waals surface area contributed by atoms with Gasteiger partial charge < -0.3 is 10.1 Å². The Balaban J connectivity index is 1.58. The zero-order valence-electron chi connectivity index (χ0n) is 17.0. The molecule has 1 aliphatic heterocycles. The van der Waals surface area contributed by atoms with Gasteiger partial charge in [-0.1, -0.05) is 49.0 Å². The van der Waals surface area contributed by atoms with E-state index in [2.05, 4.69) is 15.7 Å². The lowest BCUT2D eigenvalue weighted by Gasteiger charge is -2.25. The van der Waals surface area contributed by atoms with Gasteiger partial charge in [0.1, 0.15) is 5.54 Å². The number of hydrogen-bond donors (Lipinski definition) is 2. The molecule has 0 saturated carbocycles. The van der Waals surface area contributed by atoms with E-state index in [0.717, 1.165) is 16.8 Å². The zero-order chi connectivity index (χ0) is 22.4. The lowest BCUT2D eigenvalue weighted by atomic mass is 9.87. The number of imide groups is 1. The number of benzene rings is 1. The van der Waals surface area contributed by atoms with Crippen LogP contribution in [0.15, 0.2) is 40.1 Å². The smallest absolute Gasteiger partial charge is 0.344 e. The summed E-state index contributed by atoms with van der Waals surface area (Å²) in [5.74, 6) is -1.46. The number of esters is 1. The second-order valence-corrected chi connectivity index (χ2v) is 8.69. The second kappa shape index (κ2) is 9.92. The summed E-state index contributed by atoms with van der Waals surface area (Å²) >= 11 is 2.45. The molecule has 1 saturated heterocycles. The maximum Gasteiger partial charge on any atom is 0.344 e. The van der Waals surface area contributed by atoms with Crippen LogP contribution in [-0.2, 0) is 31.1 Å². The highest BCUT2D eigenvalue weighted by molar-refractivity contribution is 8.01. The lowest BCUT2D eigenvalue weighted by Crippen LogP contribution is -2.49. The summed E-state index contributed by atoms with van der Waals surface area (Å²) in [6.45, 7) is 3.83. The zero-order valence-corrected chi connectivity index (χ0v) is 18.7. The number of carbonyl (C=O) groups is 4. The van der Waals surface area contributed by atoms with Gasteiger partial charge in [0.15, 0.2) is 4.34 Å². The normalized spacial score (nSPS) is 18.1. The van der Waals surface area contributed by atoms with Crippen molar-refractivity contribution in [2.75, 3.05) is 12.4 Å². The van der Waals surface area contributed by atoms with Crippen LogP contribution in [0.1, 0.15) is 31.5 Å². The molecule has 0 spiro atoms. The Hall–Kier alpha value is -2.92. The van der Waals surface area contributed by atoms with Gasteiger partial charge in [0.25, 0.3) is 5.91 Å². The molecular formula is C20H22N4O5S2. The first kappa shape index (κ1) is 22.8. The summed E-state index contributed by atoms with van der Waals surface area (Å²) < 4.78 is 5.48. The largest absolute Gasteiger partial charge is 0.466 e.